The van der Waals surface area contributed by atoms with E-state index in [1.807, 2.05) is 46.8 Å². The predicted molar refractivity (Wildman–Crippen MR) is 198 cm³/mol. The maximum absolute atomic E-state index is 15.0. The minimum absolute atomic E-state index is 0.0181. The molecule has 4 amide bonds. The minimum atomic E-state index is -4.01. The second-order valence-corrected chi connectivity index (χ2v) is 17.4. The lowest BCUT2D eigenvalue weighted by Gasteiger charge is -2.40. The van der Waals surface area contributed by atoms with E-state index < -0.39 is 68.2 Å². The summed E-state index contributed by atoms with van der Waals surface area (Å²) in [5.41, 5.74) is -1.90. The normalized spacial score (nSPS) is 23.4. The van der Waals surface area contributed by atoms with Crippen LogP contribution in [-0.4, -0.2) is 88.7 Å². The Morgan fingerprint density at radius 2 is 1.90 bits per heavy atom. The first-order chi connectivity index (χ1) is 24.5. The maximum Gasteiger partial charge on any atom is 0.328 e. The highest BCUT2D eigenvalue weighted by atomic mass is 35.5. The van der Waals surface area contributed by atoms with Crippen molar-refractivity contribution < 1.29 is 32.3 Å². The summed E-state index contributed by atoms with van der Waals surface area (Å²) in [4.78, 5) is 55.6. The molecule has 3 aromatic rings. The van der Waals surface area contributed by atoms with Crippen LogP contribution in [0.15, 0.2) is 55.3 Å². The molecule has 1 aromatic carbocycles. The number of methoxy groups -OCH3 is 1. The van der Waals surface area contributed by atoms with Crippen LogP contribution in [0.1, 0.15) is 59.1 Å². The highest BCUT2D eigenvalue weighted by molar-refractivity contribution is 7.91. The molecule has 52 heavy (non-hydrogen) atoms. The number of fused-ring (bicyclic) bond motifs is 1. The SMILES string of the molecule is C=C[C@@H]1C[C@@]1(C(=O)NS(=O)(=O)C1CC1)N(C(=O)[C@H](Nc1cccc(C)n1)C(C)(C)C)C(=O)N1C[C@H](Oc2ncc(OC)c3ccc(Cl)cc23)CC1C. The van der Waals surface area contributed by atoms with E-state index >= 15 is 4.79 Å². The van der Waals surface area contributed by atoms with Crippen LogP contribution in [0.4, 0.5) is 10.6 Å². The Morgan fingerprint density at radius 1 is 1.17 bits per heavy atom. The van der Waals surface area contributed by atoms with Gasteiger partial charge in [-0.2, -0.15) is 0 Å². The number of sulfonamides is 1. The van der Waals surface area contributed by atoms with Crippen LogP contribution in [-0.2, 0) is 19.6 Å². The van der Waals surface area contributed by atoms with Gasteiger partial charge in [0, 0.05) is 39.9 Å². The fraction of sp³-hybridized carbons (Fsp3) is 0.486. The summed E-state index contributed by atoms with van der Waals surface area (Å²) in [6, 6.07) is 8.39. The molecule has 1 saturated heterocycles. The number of hydrogen-bond donors (Lipinski definition) is 2. The molecule has 0 spiro atoms. The molecule has 15 heteroatoms. The van der Waals surface area contributed by atoms with Crippen molar-refractivity contribution in [1.29, 1.82) is 0 Å². The standard InChI is InChI=1S/C37H45ClN6O7S/c1-8-23-18-37(23,34(46)42-52(48,49)26-13-14-26)44(33(45)31(36(4,5)6)41-30-11-9-10-21(2)40-30)35(47)43-20-25(16-22(43)3)51-32-28-17-24(38)12-15-27(28)29(50-7)19-39-32/h8-12,15,17,19,22-23,25-26,31H,1,13-14,16,18,20H2,2-7H3,(H,40,41)(H,42,46)/t22?,23-,25-,31+,37-/m1/s1. The first kappa shape index (κ1) is 37.3. The Morgan fingerprint density at radius 3 is 2.52 bits per heavy atom. The van der Waals surface area contributed by atoms with E-state index in [4.69, 9.17) is 21.1 Å². The van der Waals surface area contributed by atoms with Gasteiger partial charge in [-0.15, -0.1) is 6.58 Å². The number of pyridine rings is 2. The van der Waals surface area contributed by atoms with E-state index in [-0.39, 0.29) is 13.0 Å². The van der Waals surface area contributed by atoms with Crippen LogP contribution in [0.25, 0.3) is 10.8 Å². The molecule has 2 saturated carbocycles. The number of nitrogens with one attached hydrogen (secondary N) is 2. The van der Waals surface area contributed by atoms with Gasteiger partial charge in [-0.25, -0.2) is 28.1 Å². The van der Waals surface area contributed by atoms with Crippen LogP contribution in [0.5, 0.6) is 11.6 Å². The number of halogens is 1. The molecular formula is C37H45ClN6O7S. The molecular weight excluding hydrogens is 708 g/mol. The smallest absolute Gasteiger partial charge is 0.328 e. The zero-order chi connectivity index (χ0) is 37.7. The number of imide groups is 1. The van der Waals surface area contributed by atoms with E-state index in [1.54, 1.807) is 37.6 Å². The number of carbonyl (C=O) groups excluding carboxylic acids is 3. The van der Waals surface area contributed by atoms with Crippen LogP contribution in [0.3, 0.4) is 0 Å². The number of urea groups is 1. The monoisotopic (exact) mass is 752 g/mol. The zero-order valence-electron chi connectivity index (χ0n) is 30.2. The van der Waals surface area contributed by atoms with Crippen LogP contribution in [0, 0.1) is 18.3 Å². The highest BCUT2D eigenvalue weighted by Crippen LogP contribution is 2.52. The second kappa shape index (κ2) is 13.8. The number of likely N-dealkylation sites (tertiary alicyclic amines) is 1. The predicted octanol–water partition coefficient (Wildman–Crippen LogP) is 5.47. The van der Waals surface area contributed by atoms with Gasteiger partial charge in [0.1, 0.15) is 29.3 Å². The summed E-state index contributed by atoms with van der Waals surface area (Å²) in [5, 5.41) is 4.37. The number of amides is 4. The van der Waals surface area contributed by atoms with Crippen molar-refractivity contribution in [2.24, 2.45) is 11.3 Å². The van der Waals surface area contributed by atoms with Crippen molar-refractivity contribution >= 4 is 56.1 Å². The Balaban J connectivity index is 1.36. The van der Waals surface area contributed by atoms with Crippen molar-refractivity contribution in [3.63, 3.8) is 0 Å². The Hall–Kier alpha value is -4.43. The molecule has 3 heterocycles. The average Bonchev–Trinajstić information content (AvgIpc) is 4.01. The Bertz CT molecular complexity index is 2030. The van der Waals surface area contributed by atoms with Gasteiger partial charge in [0.2, 0.25) is 15.9 Å². The molecule has 3 fully saturated rings. The van der Waals surface area contributed by atoms with Crippen LogP contribution < -0.4 is 19.5 Å². The summed E-state index contributed by atoms with van der Waals surface area (Å²) in [6.45, 7) is 13.1. The third kappa shape index (κ3) is 7.14. The fourth-order valence-electron chi connectivity index (χ4n) is 6.91. The molecule has 13 nitrogen and oxygen atoms in total. The molecule has 2 aliphatic carbocycles. The lowest BCUT2D eigenvalue weighted by atomic mass is 9.85. The minimum Gasteiger partial charge on any atom is -0.494 e. The summed E-state index contributed by atoms with van der Waals surface area (Å²) >= 11 is 6.33. The fourth-order valence-corrected chi connectivity index (χ4v) is 8.44. The molecule has 2 aromatic heterocycles. The number of rotatable bonds is 11. The van der Waals surface area contributed by atoms with Gasteiger partial charge in [0.25, 0.3) is 11.8 Å². The third-order valence-electron chi connectivity index (χ3n) is 10.0. The molecule has 3 aliphatic rings. The van der Waals surface area contributed by atoms with Crippen molar-refractivity contribution in [2.45, 2.75) is 89.3 Å². The van der Waals surface area contributed by atoms with Gasteiger partial charge in [-0.3, -0.25) is 14.3 Å². The van der Waals surface area contributed by atoms with E-state index in [1.165, 1.54) is 11.0 Å². The van der Waals surface area contributed by atoms with Crippen molar-refractivity contribution in [3.8, 4) is 11.6 Å². The largest absolute Gasteiger partial charge is 0.494 e. The van der Waals surface area contributed by atoms with Gasteiger partial charge >= 0.3 is 6.03 Å². The van der Waals surface area contributed by atoms with E-state index in [0.717, 1.165) is 10.3 Å². The molecule has 0 radical (unpaired) electrons. The second-order valence-electron chi connectivity index (χ2n) is 15.0. The molecule has 1 unspecified atom stereocenters. The Kier molecular flexibility index (Phi) is 9.94. The van der Waals surface area contributed by atoms with Gasteiger partial charge in [-0.05, 0) is 68.9 Å². The van der Waals surface area contributed by atoms with Crippen LogP contribution in [0.2, 0.25) is 5.02 Å². The number of anilines is 1. The first-order valence-electron chi connectivity index (χ1n) is 17.3. The molecule has 2 N–H and O–H groups in total. The van der Waals surface area contributed by atoms with E-state index in [0.29, 0.717) is 52.8 Å². The maximum atomic E-state index is 15.0. The Labute approximate surface area is 309 Å². The quantitative estimate of drug-likeness (QED) is 0.241. The van der Waals surface area contributed by atoms with Crippen molar-refractivity contribution in [2.75, 3.05) is 19.0 Å². The average molecular weight is 753 g/mol. The first-order valence-corrected chi connectivity index (χ1v) is 19.2. The molecule has 6 rings (SSSR count). The third-order valence-corrected chi connectivity index (χ3v) is 12.1. The number of ether oxygens (including phenoxy) is 2. The van der Waals surface area contributed by atoms with Gasteiger partial charge < -0.3 is 19.7 Å². The number of hydrogen-bond acceptors (Lipinski definition) is 10. The number of aromatic nitrogens is 2. The summed E-state index contributed by atoms with van der Waals surface area (Å²) in [7, 11) is -2.47. The van der Waals surface area contributed by atoms with E-state index in [2.05, 4.69) is 26.6 Å². The highest BCUT2D eigenvalue weighted by Gasteiger charge is 2.68. The van der Waals surface area contributed by atoms with E-state index in [9.17, 15) is 18.0 Å². The summed E-state index contributed by atoms with van der Waals surface area (Å²) in [5.74, 6) is -1.06. The molecule has 0 bridgehead atoms. The van der Waals surface area contributed by atoms with Gasteiger partial charge in [0.05, 0.1) is 25.1 Å². The summed E-state index contributed by atoms with van der Waals surface area (Å²) in [6.07, 6.45) is 3.76. The lowest BCUT2D eigenvalue weighted by molar-refractivity contribution is -0.141. The van der Waals surface area contributed by atoms with Gasteiger partial charge in [-0.1, -0.05) is 44.5 Å². The lowest BCUT2D eigenvalue weighted by Crippen LogP contribution is -2.64. The molecule has 5 atom stereocenters. The van der Waals surface area contributed by atoms with Crippen molar-refractivity contribution in [1.82, 2.24) is 24.5 Å². The zero-order valence-corrected chi connectivity index (χ0v) is 31.8. The van der Waals surface area contributed by atoms with Crippen molar-refractivity contribution in [3.05, 3.63) is 66.0 Å². The molecule has 1 aliphatic heterocycles. The number of carbonyl (C=O) groups is 3. The topological polar surface area (TPSA) is 160 Å². The number of aryl methyl sites for hydroxylation is 1. The molecule has 278 valence electrons. The summed E-state index contributed by atoms with van der Waals surface area (Å²) < 4.78 is 40.2. The van der Waals surface area contributed by atoms with Crippen LogP contribution >= 0.6 is 11.6 Å². The van der Waals surface area contributed by atoms with Gasteiger partial charge in [0.15, 0.2) is 0 Å². The number of benzene rings is 1. The number of nitrogens with zero attached hydrogens (tertiary/aromatic N) is 4.